The average molecular weight is 470 g/mol. The van der Waals surface area contributed by atoms with Gasteiger partial charge in [-0.05, 0) is 43.7 Å². The second-order valence-electron chi connectivity index (χ2n) is 8.82. The molecule has 0 saturated heterocycles. The Balaban J connectivity index is 1.89. The third-order valence-corrected chi connectivity index (χ3v) is 6.00. The molecule has 0 aliphatic heterocycles. The number of alkyl halides is 3. The molecule has 3 rings (SSSR count). The van der Waals surface area contributed by atoms with E-state index >= 15 is 0 Å². The van der Waals surface area contributed by atoms with Gasteiger partial charge in [-0.1, -0.05) is 31.1 Å². The monoisotopic (exact) mass is 469 g/mol. The molecule has 1 aliphatic carbocycles. The van der Waals surface area contributed by atoms with Crippen molar-refractivity contribution >= 4 is 5.91 Å². The molecule has 1 aromatic heterocycles. The average Bonchev–Trinajstić information content (AvgIpc) is 3.17. The van der Waals surface area contributed by atoms with Crippen LogP contribution in [0.2, 0.25) is 0 Å². The number of aliphatic hydroxyl groups excluding tert-OH is 2. The minimum atomic E-state index is -4.47. The van der Waals surface area contributed by atoms with Gasteiger partial charge in [0.2, 0.25) is 0 Å². The van der Waals surface area contributed by atoms with Crippen LogP contribution in [0, 0.1) is 5.92 Å². The second kappa shape index (κ2) is 10.7. The van der Waals surface area contributed by atoms with Gasteiger partial charge in [-0.2, -0.15) is 13.2 Å². The summed E-state index contributed by atoms with van der Waals surface area (Å²) < 4.78 is 44.3. The molecule has 3 atom stereocenters. The summed E-state index contributed by atoms with van der Waals surface area (Å²) in [5.41, 5.74) is -0.0235. The van der Waals surface area contributed by atoms with Crippen LogP contribution in [0.1, 0.15) is 61.1 Å². The highest BCUT2D eigenvalue weighted by Crippen LogP contribution is 2.33. The maximum absolute atomic E-state index is 13.0. The molecular formula is C23H30F3N3O4. The van der Waals surface area contributed by atoms with E-state index in [4.69, 9.17) is 4.52 Å². The molecule has 0 radical (unpaired) electrons. The van der Waals surface area contributed by atoms with Crippen LogP contribution in [0.3, 0.4) is 0 Å². The normalized spacial score (nSPS) is 20.1. The largest absolute Gasteiger partial charge is 0.416 e. The zero-order chi connectivity index (χ0) is 24.2. The summed E-state index contributed by atoms with van der Waals surface area (Å²) in [5.74, 6) is -0.186. The van der Waals surface area contributed by atoms with Crippen molar-refractivity contribution in [3.63, 3.8) is 0 Å². The third-order valence-electron chi connectivity index (χ3n) is 6.00. The number of nitrogens with one attached hydrogen (secondary N) is 2. The highest BCUT2D eigenvalue weighted by Gasteiger charge is 2.31. The van der Waals surface area contributed by atoms with Crippen molar-refractivity contribution in [1.29, 1.82) is 0 Å². The summed E-state index contributed by atoms with van der Waals surface area (Å²) in [5, 5.41) is 29.5. The van der Waals surface area contributed by atoms with Gasteiger partial charge in [-0.3, -0.25) is 4.79 Å². The Morgan fingerprint density at radius 3 is 2.52 bits per heavy atom. The molecule has 2 aromatic rings. The molecule has 1 aromatic carbocycles. The Labute approximate surface area is 190 Å². The fourth-order valence-corrected chi connectivity index (χ4v) is 3.98. The lowest BCUT2D eigenvalue weighted by molar-refractivity contribution is -0.137. The van der Waals surface area contributed by atoms with E-state index in [0.29, 0.717) is 24.0 Å². The van der Waals surface area contributed by atoms with Crippen molar-refractivity contribution in [1.82, 2.24) is 15.8 Å². The molecule has 1 aliphatic rings. The van der Waals surface area contributed by atoms with Gasteiger partial charge in [0.1, 0.15) is 0 Å². The van der Waals surface area contributed by atoms with Crippen molar-refractivity contribution in [2.75, 3.05) is 6.61 Å². The van der Waals surface area contributed by atoms with Crippen molar-refractivity contribution in [3.8, 4) is 11.3 Å². The van der Waals surface area contributed by atoms with Crippen LogP contribution in [0.5, 0.6) is 0 Å². The van der Waals surface area contributed by atoms with E-state index in [1.54, 1.807) is 0 Å². The van der Waals surface area contributed by atoms with E-state index < -0.39 is 23.8 Å². The highest BCUT2D eigenvalue weighted by molar-refractivity contribution is 5.95. The van der Waals surface area contributed by atoms with Crippen molar-refractivity contribution in [3.05, 3.63) is 41.1 Å². The lowest BCUT2D eigenvalue weighted by Gasteiger charge is -2.26. The summed E-state index contributed by atoms with van der Waals surface area (Å²) in [6.07, 6.45) is -2.26. The number of amides is 1. The minimum Gasteiger partial charge on any atom is -0.395 e. The molecule has 182 valence electrons. The highest BCUT2D eigenvalue weighted by atomic mass is 19.4. The van der Waals surface area contributed by atoms with Gasteiger partial charge in [-0.15, -0.1) is 0 Å². The topological polar surface area (TPSA) is 108 Å². The summed E-state index contributed by atoms with van der Waals surface area (Å²) in [6, 6.07) is 3.99. The quantitative estimate of drug-likeness (QED) is 0.472. The maximum Gasteiger partial charge on any atom is 0.416 e. The van der Waals surface area contributed by atoms with Gasteiger partial charge in [0, 0.05) is 29.8 Å². The summed E-state index contributed by atoms with van der Waals surface area (Å²) >= 11 is 0. The predicted molar refractivity (Wildman–Crippen MR) is 115 cm³/mol. The van der Waals surface area contributed by atoms with E-state index in [1.165, 1.54) is 12.1 Å². The van der Waals surface area contributed by atoms with Gasteiger partial charge < -0.3 is 25.4 Å². The molecule has 0 spiro atoms. The number of aromatic nitrogens is 1. The number of rotatable bonds is 8. The maximum atomic E-state index is 13.0. The van der Waals surface area contributed by atoms with E-state index in [9.17, 15) is 28.2 Å². The van der Waals surface area contributed by atoms with Gasteiger partial charge in [-0.25, -0.2) is 0 Å². The number of benzene rings is 1. The zero-order valence-electron chi connectivity index (χ0n) is 18.7. The number of carbonyl (C=O) groups is 1. The molecule has 4 N–H and O–H groups in total. The van der Waals surface area contributed by atoms with Crippen LogP contribution >= 0.6 is 0 Å². The van der Waals surface area contributed by atoms with Crippen molar-refractivity contribution < 1.29 is 32.7 Å². The second-order valence-corrected chi connectivity index (χ2v) is 8.82. The molecule has 33 heavy (non-hydrogen) atoms. The minimum absolute atomic E-state index is 0.0258. The number of nitrogens with zero attached hydrogens (tertiary/aromatic N) is 1. The Bertz CT molecular complexity index is 928. The Morgan fingerprint density at radius 1 is 1.24 bits per heavy atom. The molecule has 1 heterocycles. The predicted octanol–water partition coefficient (Wildman–Crippen LogP) is 3.50. The van der Waals surface area contributed by atoms with Crippen molar-refractivity contribution in [2.24, 2.45) is 5.92 Å². The number of hydrogen-bond donors (Lipinski definition) is 4. The van der Waals surface area contributed by atoms with Crippen LogP contribution in [-0.2, 0) is 12.7 Å². The Kier molecular flexibility index (Phi) is 8.14. The van der Waals surface area contributed by atoms with Crippen LogP contribution in [0.4, 0.5) is 13.2 Å². The first-order valence-electron chi connectivity index (χ1n) is 11.1. The van der Waals surface area contributed by atoms with Gasteiger partial charge >= 0.3 is 6.18 Å². The fourth-order valence-electron chi connectivity index (χ4n) is 3.98. The first kappa shape index (κ1) is 25.2. The first-order valence-corrected chi connectivity index (χ1v) is 11.1. The summed E-state index contributed by atoms with van der Waals surface area (Å²) in [4.78, 5) is 13.0. The van der Waals surface area contributed by atoms with Gasteiger partial charge in [0.25, 0.3) is 5.91 Å². The molecule has 7 nitrogen and oxygen atoms in total. The van der Waals surface area contributed by atoms with Gasteiger partial charge in [0.15, 0.2) is 11.5 Å². The summed E-state index contributed by atoms with van der Waals surface area (Å²) in [7, 11) is 0. The summed E-state index contributed by atoms with van der Waals surface area (Å²) in [6.45, 7) is 3.86. The molecule has 10 heteroatoms. The van der Waals surface area contributed by atoms with E-state index in [0.717, 1.165) is 25.0 Å². The standard InChI is InChI=1S/C23H30F3N3O4/c1-13(2)19(12-30)27-11-18-20(22(32)28-16-4-3-5-17(31)10-16)29-33-21(18)14-6-8-15(9-7-14)23(24,25)26/h6-9,13,16-17,19,27,30-31H,3-5,10-12H2,1-2H3,(H,28,32)/t16-,17+,19?/m1/s1. The third kappa shape index (κ3) is 6.33. The Morgan fingerprint density at radius 2 is 1.94 bits per heavy atom. The first-order chi connectivity index (χ1) is 15.6. The molecular weight excluding hydrogens is 439 g/mol. The molecule has 1 amide bonds. The molecule has 1 saturated carbocycles. The molecule has 0 bridgehead atoms. The van der Waals surface area contributed by atoms with Crippen molar-refractivity contribution in [2.45, 2.75) is 70.4 Å². The van der Waals surface area contributed by atoms with E-state index in [1.807, 2.05) is 13.8 Å². The lowest BCUT2D eigenvalue weighted by atomic mass is 9.93. The molecule has 1 unspecified atom stereocenters. The Hall–Kier alpha value is -2.43. The molecule has 1 fully saturated rings. The van der Waals surface area contributed by atoms with Gasteiger partial charge in [0.05, 0.1) is 18.3 Å². The van der Waals surface area contributed by atoms with Crippen LogP contribution in [0.25, 0.3) is 11.3 Å². The zero-order valence-corrected chi connectivity index (χ0v) is 18.7. The van der Waals surface area contributed by atoms with Crippen LogP contribution in [-0.4, -0.2) is 46.1 Å². The number of halogens is 3. The lowest BCUT2D eigenvalue weighted by Crippen LogP contribution is -2.41. The SMILES string of the molecule is CC(C)C(CO)NCc1c(C(=O)N[C@@H]2CCC[C@H](O)C2)noc1-c1ccc(C(F)(F)F)cc1. The number of hydrogen-bond acceptors (Lipinski definition) is 6. The number of carbonyl (C=O) groups excluding carboxylic acids is 1. The van der Waals surface area contributed by atoms with Crippen LogP contribution in [0.15, 0.2) is 28.8 Å². The van der Waals surface area contributed by atoms with E-state index in [-0.39, 0.29) is 42.6 Å². The smallest absolute Gasteiger partial charge is 0.395 e. The van der Waals surface area contributed by atoms with E-state index in [2.05, 4.69) is 15.8 Å². The fraction of sp³-hybridized carbons (Fsp3) is 0.565. The number of aliphatic hydroxyl groups is 2. The van der Waals surface area contributed by atoms with Crippen LogP contribution < -0.4 is 10.6 Å².